The van der Waals surface area contributed by atoms with Crippen LogP contribution in [0, 0.1) is 12.8 Å². The van der Waals surface area contributed by atoms with Crippen molar-refractivity contribution in [1.82, 2.24) is 14.9 Å². The van der Waals surface area contributed by atoms with Crippen molar-refractivity contribution in [2.24, 2.45) is 5.92 Å². The lowest BCUT2D eigenvalue weighted by atomic mass is 10.1. The fourth-order valence-electron chi connectivity index (χ4n) is 3.48. The van der Waals surface area contributed by atoms with Crippen molar-refractivity contribution in [3.8, 4) is 0 Å². The molecule has 0 radical (unpaired) electrons. The van der Waals surface area contributed by atoms with Gasteiger partial charge in [0.2, 0.25) is 0 Å². The summed E-state index contributed by atoms with van der Waals surface area (Å²) in [5.74, 6) is 0.957. The summed E-state index contributed by atoms with van der Waals surface area (Å²) in [6.07, 6.45) is 9.75. The van der Waals surface area contributed by atoms with E-state index in [1.165, 1.54) is 62.3 Å². The van der Waals surface area contributed by atoms with Crippen LogP contribution in [-0.2, 0) is 12.8 Å². The van der Waals surface area contributed by atoms with E-state index in [0.29, 0.717) is 0 Å². The molecule has 1 aromatic rings. The molecule has 1 saturated carbocycles. The Morgan fingerprint density at radius 3 is 2.78 bits per heavy atom. The van der Waals surface area contributed by atoms with E-state index in [-0.39, 0.29) is 0 Å². The predicted molar refractivity (Wildman–Crippen MR) is 72.6 cm³/mol. The van der Waals surface area contributed by atoms with E-state index >= 15 is 0 Å². The average Bonchev–Trinajstić information content (AvgIpc) is 2.78. The van der Waals surface area contributed by atoms with E-state index in [0.717, 1.165) is 18.8 Å². The molecule has 1 aliphatic carbocycles. The lowest BCUT2D eigenvalue weighted by Crippen LogP contribution is -2.31. The highest BCUT2D eigenvalue weighted by Crippen LogP contribution is 2.26. The standard InChI is InChI=1S/C15H23N3/c1-12-14-6-8-18(10-13-4-2-3-5-13)9-7-15(14)17-11-16-12/h11,13H,2-10H2,1H3. The molecule has 2 aliphatic rings. The van der Waals surface area contributed by atoms with E-state index < -0.39 is 0 Å². The van der Waals surface area contributed by atoms with Crippen LogP contribution in [0.4, 0.5) is 0 Å². The zero-order valence-corrected chi connectivity index (χ0v) is 11.4. The van der Waals surface area contributed by atoms with Crippen molar-refractivity contribution >= 4 is 0 Å². The van der Waals surface area contributed by atoms with Crippen LogP contribution in [0.2, 0.25) is 0 Å². The molecule has 18 heavy (non-hydrogen) atoms. The Hall–Kier alpha value is -0.960. The van der Waals surface area contributed by atoms with Crippen molar-refractivity contribution in [1.29, 1.82) is 0 Å². The zero-order valence-electron chi connectivity index (χ0n) is 11.4. The first-order valence-electron chi connectivity index (χ1n) is 7.34. The van der Waals surface area contributed by atoms with Crippen LogP contribution < -0.4 is 0 Å². The molecule has 0 atom stereocenters. The Labute approximate surface area is 110 Å². The molecule has 1 fully saturated rings. The van der Waals surface area contributed by atoms with Crippen LogP contribution in [0.25, 0.3) is 0 Å². The molecular weight excluding hydrogens is 222 g/mol. The number of hydrogen-bond acceptors (Lipinski definition) is 3. The second kappa shape index (κ2) is 5.35. The maximum absolute atomic E-state index is 4.47. The zero-order chi connectivity index (χ0) is 12.4. The summed E-state index contributed by atoms with van der Waals surface area (Å²) in [4.78, 5) is 11.5. The summed E-state index contributed by atoms with van der Waals surface area (Å²) in [5.41, 5.74) is 3.88. The van der Waals surface area contributed by atoms with E-state index in [9.17, 15) is 0 Å². The van der Waals surface area contributed by atoms with Gasteiger partial charge in [-0.05, 0) is 37.7 Å². The third-order valence-corrected chi connectivity index (χ3v) is 4.58. The van der Waals surface area contributed by atoms with Gasteiger partial charge in [-0.3, -0.25) is 0 Å². The summed E-state index contributed by atoms with van der Waals surface area (Å²) >= 11 is 0. The van der Waals surface area contributed by atoms with Crippen molar-refractivity contribution in [2.45, 2.75) is 45.4 Å². The average molecular weight is 245 g/mol. The highest BCUT2D eigenvalue weighted by atomic mass is 15.1. The summed E-state index contributed by atoms with van der Waals surface area (Å²) in [6, 6.07) is 0. The first kappa shape index (κ1) is 12.1. The first-order valence-corrected chi connectivity index (χ1v) is 7.34. The summed E-state index contributed by atoms with van der Waals surface area (Å²) in [5, 5.41) is 0. The Bertz CT molecular complexity index is 410. The van der Waals surface area contributed by atoms with Crippen molar-refractivity contribution < 1.29 is 0 Å². The van der Waals surface area contributed by atoms with Crippen molar-refractivity contribution in [3.63, 3.8) is 0 Å². The number of nitrogens with zero attached hydrogens (tertiary/aromatic N) is 3. The smallest absolute Gasteiger partial charge is 0.115 e. The van der Waals surface area contributed by atoms with Crippen molar-refractivity contribution in [2.75, 3.05) is 19.6 Å². The fourth-order valence-corrected chi connectivity index (χ4v) is 3.48. The summed E-state index contributed by atoms with van der Waals surface area (Å²) in [7, 11) is 0. The minimum absolute atomic E-state index is 0.957. The van der Waals surface area contributed by atoms with Gasteiger partial charge in [0.1, 0.15) is 6.33 Å². The Morgan fingerprint density at radius 1 is 1.17 bits per heavy atom. The third kappa shape index (κ3) is 2.56. The topological polar surface area (TPSA) is 29.0 Å². The van der Waals surface area contributed by atoms with Gasteiger partial charge in [0.05, 0.1) is 0 Å². The molecule has 1 aliphatic heterocycles. The monoisotopic (exact) mass is 245 g/mol. The van der Waals surface area contributed by atoms with Gasteiger partial charge >= 0.3 is 0 Å². The Morgan fingerprint density at radius 2 is 1.94 bits per heavy atom. The van der Waals surface area contributed by atoms with Crippen LogP contribution >= 0.6 is 0 Å². The van der Waals surface area contributed by atoms with E-state index in [1.54, 1.807) is 6.33 Å². The lowest BCUT2D eigenvalue weighted by Gasteiger charge is -2.23. The van der Waals surface area contributed by atoms with E-state index in [2.05, 4.69) is 21.8 Å². The summed E-state index contributed by atoms with van der Waals surface area (Å²) in [6.45, 7) is 5.80. The molecule has 3 rings (SSSR count). The normalized spacial score (nSPS) is 21.8. The van der Waals surface area contributed by atoms with Crippen LogP contribution in [0.1, 0.15) is 42.6 Å². The first-order chi connectivity index (χ1) is 8.83. The van der Waals surface area contributed by atoms with Gasteiger partial charge in [-0.1, -0.05) is 12.8 Å². The predicted octanol–water partition coefficient (Wildman–Crippen LogP) is 2.38. The number of aromatic nitrogens is 2. The molecule has 0 unspecified atom stereocenters. The SMILES string of the molecule is Cc1ncnc2c1CCN(CC1CCCC1)CC2. The highest BCUT2D eigenvalue weighted by molar-refractivity contribution is 5.25. The molecule has 1 aromatic heterocycles. The number of aryl methyl sites for hydroxylation is 1. The van der Waals surface area contributed by atoms with Gasteiger partial charge in [0, 0.05) is 37.4 Å². The second-order valence-electron chi connectivity index (χ2n) is 5.84. The lowest BCUT2D eigenvalue weighted by molar-refractivity contribution is 0.241. The van der Waals surface area contributed by atoms with Gasteiger partial charge in [-0.25, -0.2) is 9.97 Å². The van der Waals surface area contributed by atoms with Gasteiger partial charge in [-0.2, -0.15) is 0 Å². The largest absolute Gasteiger partial charge is 0.302 e. The molecule has 0 aromatic carbocycles. The van der Waals surface area contributed by atoms with E-state index in [1.807, 2.05) is 0 Å². The van der Waals surface area contributed by atoms with Crippen LogP contribution in [0.15, 0.2) is 6.33 Å². The molecule has 0 amide bonds. The molecule has 0 saturated heterocycles. The highest BCUT2D eigenvalue weighted by Gasteiger charge is 2.21. The molecule has 0 spiro atoms. The second-order valence-corrected chi connectivity index (χ2v) is 5.84. The molecule has 3 nitrogen and oxygen atoms in total. The Kier molecular flexibility index (Phi) is 3.59. The third-order valence-electron chi connectivity index (χ3n) is 4.58. The Balaban J connectivity index is 1.65. The minimum Gasteiger partial charge on any atom is -0.302 e. The molecular formula is C15H23N3. The molecule has 0 N–H and O–H groups in total. The molecule has 2 heterocycles. The van der Waals surface area contributed by atoms with Gasteiger partial charge in [0.25, 0.3) is 0 Å². The van der Waals surface area contributed by atoms with Gasteiger partial charge in [0.15, 0.2) is 0 Å². The van der Waals surface area contributed by atoms with Crippen LogP contribution in [0.5, 0.6) is 0 Å². The molecule has 98 valence electrons. The molecule has 3 heteroatoms. The maximum Gasteiger partial charge on any atom is 0.115 e. The number of hydrogen-bond donors (Lipinski definition) is 0. The fraction of sp³-hybridized carbons (Fsp3) is 0.733. The maximum atomic E-state index is 4.47. The van der Waals surface area contributed by atoms with E-state index in [4.69, 9.17) is 0 Å². The van der Waals surface area contributed by atoms with Gasteiger partial charge in [-0.15, -0.1) is 0 Å². The van der Waals surface area contributed by atoms with Crippen LogP contribution in [0.3, 0.4) is 0 Å². The molecule has 0 bridgehead atoms. The minimum atomic E-state index is 0.957. The number of fused-ring (bicyclic) bond motifs is 1. The van der Waals surface area contributed by atoms with Gasteiger partial charge < -0.3 is 4.90 Å². The summed E-state index contributed by atoms with van der Waals surface area (Å²) < 4.78 is 0. The quantitative estimate of drug-likeness (QED) is 0.801. The number of rotatable bonds is 2. The van der Waals surface area contributed by atoms with Crippen molar-refractivity contribution in [3.05, 3.63) is 23.3 Å². The van der Waals surface area contributed by atoms with Crippen LogP contribution in [-0.4, -0.2) is 34.5 Å².